The maximum absolute atomic E-state index is 12.7. The van der Waals surface area contributed by atoms with E-state index in [1.165, 1.54) is 13.2 Å². The fourth-order valence-corrected chi connectivity index (χ4v) is 3.17. The Labute approximate surface area is 138 Å². The number of benzene rings is 1. The molecule has 1 aromatic heterocycles. The molecule has 2 heterocycles. The Balaban J connectivity index is 2.03. The molecule has 0 radical (unpaired) electrons. The minimum absolute atomic E-state index is 0.140. The van der Waals surface area contributed by atoms with Gasteiger partial charge in [0.25, 0.3) is 11.5 Å². The summed E-state index contributed by atoms with van der Waals surface area (Å²) in [6, 6.07) is 6.78. The standard InChI is InChI=1S/C17H17ClN2O3/c1-10-5-6-12(11(18)8-10)19-17(22)16-13-4-3-7-20(13)15(21)9-14(16)23-2/h5-6,8-9H,3-4,7H2,1-2H3,(H,19,22). The molecule has 23 heavy (non-hydrogen) atoms. The predicted molar refractivity (Wildman–Crippen MR) is 89.7 cm³/mol. The van der Waals surface area contributed by atoms with Gasteiger partial charge in [-0.3, -0.25) is 9.59 Å². The SMILES string of the molecule is COc1cc(=O)n2c(c1C(=O)Nc1ccc(C)cc1Cl)CCC2. The number of pyridine rings is 1. The van der Waals surface area contributed by atoms with Crippen LogP contribution < -0.4 is 15.6 Å². The number of fused-ring (bicyclic) bond motifs is 1. The Kier molecular flexibility index (Phi) is 4.13. The van der Waals surface area contributed by atoms with Gasteiger partial charge in [-0.25, -0.2) is 0 Å². The predicted octanol–water partition coefficient (Wildman–Crippen LogP) is 3.02. The van der Waals surface area contributed by atoms with Crippen molar-refractivity contribution in [2.24, 2.45) is 0 Å². The number of methoxy groups -OCH3 is 1. The van der Waals surface area contributed by atoms with E-state index in [1.807, 2.05) is 13.0 Å². The van der Waals surface area contributed by atoms with Crippen LogP contribution in [0.4, 0.5) is 5.69 Å². The van der Waals surface area contributed by atoms with Gasteiger partial charge in [0.15, 0.2) is 0 Å². The van der Waals surface area contributed by atoms with Crippen molar-refractivity contribution in [3.05, 3.63) is 56.5 Å². The number of carbonyl (C=O) groups is 1. The van der Waals surface area contributed by atoms with E-state index in [0.29, 0.717) is 35.0 Å². The smallest absolute Gasteiger partial charge is 0.261 e. The van der Waals surface area contributed by atoms with Crippen molar-refractivity contribution < 1.29 is 9.53 Å². The highest BCUT2D eigenvalue weighted by Gasteiger charge is 2.25. The van der Waals surface area contributed by atoms with Crippen molar-refractivity contribution in [1.29, 1.82) is 0 Å². The van der Waals surface area contributed by atoms with Crippen LogP contribution in [0, 0.1) is 6.92 Å². The lowest BCUT2D eigenvalue weighted by atomic mass is 10.1. The molecule has 120 valence electrons. The zero-order chi connectivity index (χ0) is 16.6. The molecule has 1 aliphatic rings. The zero-order valence-corrected chi connectivity index (χ0v) is 13.7. The molecule has 3 rings (SSSR count). The normalized spacial score (nSPS) is 12.8. The highest BCUT2D eigenvalue weighted by Crippen LogP contribution is 2.28. The molecule has 1 N–H and O–H groups in total. The summed E-state index contributed by atoms with van der Waals surface area (Å²) in [5, 5.41) is 3.29. The summed E-state index contributed by atoms with van der Waals surface area (Å²) in [6.07, 6.45) is 1.52. The molecule has 6 heteroatoms. The van der Waals surface area contributed by atoms with Gasteiger partial charge < -0.3 is 14.6 Å². The fraction of sp³-hybridized carbons (Fsp3) is 0.294. The Bertz CT molecular complexity index is 842. The number of halogens is 1. The number of hydrogen-bond acceptors (Lipinski definition) is 3. The van der Waals surface area contributed by atoms with E-state index in [0.717, 1.165) is 17.7 Å². The lowest BCUT2D eigenvalue weighted by Gasteiger charge is -2.15. The van der Waals surface area contributed by atoms with Gasteiger partial charge in [0, 0.05) is 18.3 Å². The third kappa shape index (κ3) is 2.84. The molecule has 0 saturated carbocycles. The van der Waals surface area contributed by atoms with Crippen molar-refractivity contribution >= 4 is 23.2 Å². The number of carbonyl (C=O) groups excluding carboxylic acids is 1. The molecule has 0 bridgehead atoms. The van der Waals surface area contributed by atoms with Crippen molar-refractivity contribution in [3.63, 3.8) is 0 Å². The van der Waals surface area contributed by atoms with Crippen LogP contribution >= 0.6 is 11.6 Å². The molecular weight excluding hydrogens is 316 g/mol. The van der Waals surface area contributed by atoms with Crippen molar-refractivity contribution in [2.45, 2.75) is 26.3 Å². The molecule has 0 spiro atoms. The van der Waals surface area contributed by atoms with Crippen LogP contribution in [-0.4, -0.2) is 17.6 Å². The van der Waals surface area contributed by atoms with E-state index in [-0.39, 0.29) is 11.5 Å². The molecule has 2 aromatic rings. The maximum atomic E-state index is 12.7. The number of anilines is 1. The van der Waals surface area contributed by atoms with Gasteiger partial charge in [-0.05, 0) is 37.5 Å². The summed E-state index contributed by atoms with van der Waals surface area (Å²) in [5.74, 6) is -0.0258. The second-order valence-corrected chi connectivity index (χ2v) is 5.97. The summed E-state index contributed by atoms with van der Waals surface area (Å²) in [4.78, 5) is 24.8. The molecule has 0 fully saturated rings. The zero-order valence-electron chi connectivity index (χ0n) is 13.0. The Hall–Kier alpha value is -2.27. The summed E-state index contributed by atoms with van der Waals surface area (Å²) in [5.41, 5.74) is 2.53. The second kappa shape index (κ2) is 6.08. The minimum Gasteiger partial charge on any atom is -0.496 e. The van der Waals surface area contributed by atoms with Gasteiger partial charge in [-0.1, -0.05) is 17.7 Å². The van der Waals surface area contributed by atoms with Gasteiger partial charge in [0.1, 0.15) is 11.3 Å². The Morgan fingerprint density at radius 1 is 1.35 bits per heavy atom. The van der Waals surface area contributed by atoms with E-state index in [2.05, 4.69) is 5.32 Å². The average Bonchev–Trinajstić information content (AvgIpc) is 2.99. The highest BCUT2D eigenvalue weighted by molar-refractivity contribution is 6.34. The molecule has 1 aromatic carbocycles. The first-order valence-electron chi connectivity index (χ1n) is 7.39. The van der Waals surface area contributed by atoms with E-state index in [9.17, 15) is 9.59 Å². The number of ether oxygens (including phenoxy) is 1. The van der Waals surface area contributed by atoms with Gasteiger partial charge in [0.05, 0.1) is 17.8 Å². The number of hydrogen-bond donors (Lipinski definition) is 1. The van der Waals surface area contributed by atoms with E-state index < -0.39 is 0 Å². The molecule has 1 aliphatic heterocycles. The van der Waals surface area contributed by atoms with Crippen molar-refractivity contribution in [1.82, 2.24) is 4.57 Å². The van der Waals surface area contributed by atoms with Gasteiger partial charge in [-0.15, -0.1) is 0 Å². The van der Waals surface area contributed by atoms with Crippen LogP contribution in [0.15, 0.2) is 29.1 Å². The van der Waals surface area contributed by atoms with Gasteiger partial charge in [0.2, 0.25) is 0 Å². The quantitative estimate of drug-likeness (QED) is 0.939. The molecule has 1 amide bonds. The Morgan fingerprint density at radius 3 is 2.83 bits per heavy atom. The van der Waals surface area contributed by atoms with E-state index >= 15 is 0 Å². The first-order chi connectivity index (χ1) is 11.0. The maximum Gasteiger partial charge on any atom is 0.261 e. The first-order valence-corrected chi connectivity index (χ1v) is 7.77. The highest BCUT2D eigenvalue weighted by atomic mass is 35.5. The molecule has 0 aliphatic carbocycles. The molecule has 5 nitrogen and oxygen atoms in total. The van der Waals surface area contributed by atoms with Crippen LogP contribution in [0.1, 0.15) is 28.0 Å². The lowest BCUT2D eigenvalue weighted by Crippen LogP contribution is -2.24. The van der Waals surface area contributed by atoms with E-state index in [1.54, 1.807) is 16.7 Å². The monoisotopic (exact) mass is 332 g/mol. The third-order valence-corrected chi connectivity index (χ3v) is 4.31. The van der Waals surface area contributed by atoms with Crippen molar-refractivity contribution in [2.75, 3.05) is 12.4 Å². The minimum atomic E-state index is -0.321. The number of aryl methyl sites for hydroxylation is 1. The number of aromatic nitrogens is 1. The third-order valence-electron chi connectivity index (χ3n) is 4.00. The molecular formula is C17H17ClN2O3. The van der Waals surface area contributed by atoms with Gasteiger partial charge in [-0.2, -0.15) is 0 Å². The topological polar surface area (TPSA) is 60.3 Å². The van der Waals surface area contributed by atoms with Crippen LogP contribution in [-0.2, 0) is 13.0 Å². The van der Waals surface area contributed by atoms with Crippen LogP contribution in [0.3, 0.4) is 0 Å². The first kappa shape index (κ1) is 15.6. The number of rotatable bonds is 3. The molecule has 0 saturated heterocycles. The average molecular weight is 333 g/mol. The van der Waals surface area contributed by atoms with Crippen LogP contribution in [0.2, 0.25) is 5.02 Å². The van der Waals surface area contributed by atoms with E-state index in [4.69, 9.17) is 16.3 Å². The summed E-state index contributed by atoms with van der Waals surface area (Å²) >= 11 is 6.18. The van der Waals surface area contributed by atoms with Gasteiger partial charge >= 0.3 is 0 Å². The Morgan fingerprint density at radius 2 is 2.13 bits per heavy atom. The fourth-order valence-electron chi connectivity index (χ4n) is 2.89. The second-order valence-electron chi connectivity index (χ2n) is 5.57. The number of amides is 1. The molecule has 0 atom stereocenters. The van der Waals surface area contributed by atoms with Crippen LogP contribution in [0.5, 0.6) is 5.75 Å². The molecule has 0 unspecified atom stereocenters. The van der Waals surface area contributed by atoms with Crippen LogP contribution in [0.25, 0.3) is 0 Å². The summed E-state index contributed by atoms with van der Waals surface area (Å²) in [7, 11) is 1.45. The lowest BCUT2D eigenvalue weighted by molar-refractivity contribution is 0.102. The van der Waals surface area contributed by atoms with Crippen molar-refractivity contribution in [3.8, 4) is 5.75 Å². The largest absolute Gasteiger partial charge is 0.496 e. The number of nitrogens with zero attached hydrogens (tertiary/aromatic N) is 1. The summed E-state index contributed by atoms with van der Waals surface area (Å²) in [6.45, 7) is 2.56. The summed E-state index contributed by atoms with van der Waals surface area (Å²) < 4.78 is 6.89. The number of nitrogens with one attached hydrogen (secondary N) is 1.